The van der Waals surface area contributed by atoms with Crippen molar-refractivity contribution in [1.82, 2.24) is 14.8 Å². The molecule has 1 saturated heterocycles. The maximum Gasteiger partial charge on any atom is 0.231 e. The fourth-order valence-corrected chi connectivity index (χ4v) is 5.57. The first-order chi connectivity index (χ1) is 13.8. The number of hydrogen-bond acceptors (Lipinski definition) is 5. The van der Waals surface area contributed by atoms with Crippen molar-refractivity contribution in [3.05, 3.63) is 76.8 Å². The van der Waals surface area contributed by atoms with Gasteiger partial charge in [-0.05, 0) is 40.1 Å². The number of thioether (sulfide) groups is 1. The Bertz CT molecular complexity index is 812. The second-order valence-electron chi connectivity index (χ2n) is 7.16. The van der Waals surface area contributed by atoms with Gasteiger partial charge in [0, 0.05) is 56.1 Å². The third-order valence-electron chi connectivity index (χ3n) is 5.23. The Kier molecular flexibility index (Phi) is 6.62. The lowest BCUT2D eigenvalue weighted by atomic mass is 9.98. The summed E-state index contributed by atoms with van der Waals surface area (Å²) in [6.45, 7) is 4.38. The van der Waals surface area contributed by atoms with E-state index in [9.17, 15) is 4.79 Å². The lowest BCUT2D eigenvalue weighted by molar-refractivity contribution is -0.135. The van der Waals surface area contributed by atoms with Gasteiger partial charge in [0.1, 0.15) is 0 Å². The lowest BCUT2D eigenvalue weighted by Crippen LogP contribution is -2.51. The van der Waals surface area contributed by atoms with Crippen LogP contribution in [0.2, 0.25) is 0 Å². The molecule has 1 aliphatic heterocycles. The lowest BCUT2D eigenvalue weighted by Gasteiger charge is -2.37. The van der Waals surface area contributed by atoms with Crippen molar-refractivity contribution < 1.29 is 4.79 Å². The molecule has 2 atom stereocenters. The van der Waals surface area contributed by atoms with E-state index < -0.39 is 0 Å². The molecule has 2 aromatic heterocycles. The molecule has 0 bridgehead atoms. The van der Waals surface area contributed by atoms with E-state index in [1.165, 1.54) is 11.1 Å². The standard InChI is InChI=1S/C22H25N3OS2/c26-22(20-3-1-2-4-21(20)28-17-19-7-14-27-16-19)25-12-10-24(11-13-25)15-18-5-8-23-9-6-18/h1-9,14,16,20-21H,10-13,15,17H2. The highest BCUT2D eigenvalue weighted by molar-refractivity contribution is 7.99. The van der Waals surface area contributed by atoms with Crippen LogP contribution in [0.15, 0.2) is 65.7 Å². The Morgan fingerprint density at radius 1 is 1.07 bits per heavy atom. The van der Waals surface area contributed by atoms with E-state index in [-0.39, 0.29) is 17.1 Å². The van der Waals surface area contributed by atoms with Gasteiger partial charge in [-0.25, -0.2) is 0 Å². The van der Waals surface area contributed by atoms with Gasteiger partial charge >= 0.3 is 0 Å². The summed E-state index contributed by atoms with van der Waals surface area (Å²) >= 11 is 3.59. The van der Waals surface area contributed by atoms with Gasteiger partial charge in [0.2, 0.25) is 5.91 Å². The summed E-state index contributed by atoms with van der Waals surface area (Å²) in [5.41, 5.74) is 2.62. The number of nitrogens with zero attached hydrogens (tertiary/aromatic N) is 3. The molecule has 3 heterocycles. The van der Waals surface area contributed by atoms with E-state index in [1.54, 1.807) is 11.3 Å². The largest absolute Gasteiger partial charge is 0.340 e. The smallest absolute Gasteiger partial charge is 0.231 e. The molecule has 146 valence electrons. The second kappa shape index (κ2) is 9.54. The van der Waals surface area contributed by atoms with Crippen LogP contribution in [0.3, 0.4) is 0 Å². The molecule has 0 N–H and O–H groups in total. The average Bonchev–Trinajstić information content (AvgIpc) is 3.27. The third-order valence-corrected chi connectivity index (χ3v) is 7.30. The summed E-state index contributed by atoms with van der Waals surface area (Å²) in [5.74, 6) is 1.17. The minimum absolute atomic E-state index is 0.0552. The molecule has 0 aromatic carbocycles. The minimum atomic E-state index is -0.0552. The van der Waals surface area contributed by atoms with Crippen LogP contribution < -0.4 is 0 Å². The first-order valence-corrected chi connectivity index (χ1v) is 11.7. The van der Waals surface area contributed by atoms with Gasteiger partial charge in [-0.1, -0.05) is 24.3 Å². The summed E-state index contributed by atoms with van der Waals surface area (Å²) in [6, 6.07) is 6.29. The summed E-state index contributed by atoms with van der Waals surface area (Å²) in [6.07, 6.45) is 12.0. The number of rotatable bonds is 6. The maximum absolute atomic E-state index is 13.2. The van der Waals surface area contributed by atoms with Crippen LogP contribution in [0, 0.1) is 5.92 Å². The van der Waals surface area contributed by atoms with E-state index in [0.717, 1.165) is 38.5 Å². The molecule has 6 heteroatoms. The number of amides is 1. The van der Waals surface area contributed by atoms with Gasteiger partial charge in [0.25, 0.3) is 0 Å². The van der Waals surface area contributed by atoms with E-state index >= 15 is 0 Å². The number of aromatic nitrogens is 1. The fourth-order valence-electron chi connectivity index (χ4n) is 3.62. The molecular weight excluding hydrogens is 386 g/mol. The Balaban J connectivity index is 1.30. The van der Waals surface area contributed by atoms with E-state index in [1.807, 2.05) is 30.2 Å². The van der Waals surface area contributed by atoms with Crippen LogP contribution in [-0.4, -0.2) is 52.1 Å². The molecule has 28 heavy (non-hydrogen) atoms. The second-order valence-corrected chi connectivity index (χ2v) is 9.11. The normalized spacial score (nSPS) is 22.5. The van der Waals surface area contributed by atoms with Crippen molar-refractivity contribution in [3.63, 3.8) is 0 Å². The fraction of sp³-hybridized carbons (Fsp3) is 0.364. The summed E-state index contributed by atoms with van der Waals surface area (Å²) in [7, 11) is 0. The predicted molar refractivity (Wildman–Crippen MR) is 117 cm³/mol. The molecule has 4 nitrogen and oxygen atoms in total. The molecular formula is C22H25N3OS2. The molecule has 1 aliphatic carbocycles. The topological polar surface area (TPSA) is 36.4 Å². The molecule has 1 fully saturated rings. The highest BCUT2D eigenvalue weighted by atomic mass is 32.2. The predicted octanol–water partition coefficient (Wildman–Crippen LogP) is 3.83. The molecule has 1 amide bonds. The summed E-state index contributed by atoms with van der Waals surface area (Å²) < 4.78 is 0. The summed E-state index contributed by atoms with van der Waals surface area (Å²) in [4.78, 5) is 21.7. The van der Waals surface area contributed by atoms with E-state index in [2.05, 4.69) is 62.0 Å². The van der Waals surface area contributed by atoms with Crippen LogP contribution in [-0.2, 0) is 17.1 Å². The maximum atomic E-state index is 13.2. The average molecular weight is 412 g/mol. The quantitative estimate of drug-likeness (QED) is 0.724. The van der Waals surface area contributed by atoms with Gasteiger partial charge < -0.3 is 4.90 Å². The number of carbonyl (C=O) groups is 1. The number of pyridine rings is 1. The number of thiophene rings is 1. The van der Waals surface area contributed by atoms with Crippen molar-refractivity contribution in [2.45, 2.75) is 17.5 Å². The number of allylic oxidation sites excluding steroid dienone is 2. The zero-order valence-corrected chi connectivity index (χ0v) is 17.4. The Morgan fingerprint density at radius 3 is 2.61 bits per heavy atom. The molecule has 2 unspecified atom stereocenters. The van der Waals surface area contributed by atoms with Crippen LogP contribution in [0.5, 0.6) is 0 Å². The van der Waals surface area contributed by atoms with Crippen molar-refractivity contribution in [2.24, 2.45) is 5.92 Å². The van der Waals surface area contributed by atoms with Crippen LogP contribution in [0.4, 0.5) is 0 Å². The van der Waals surface area contributed by atoms with Crippen LogP contribution in [0.1, 0.15) is 11.1 Å². The Hall–Kier alpha value is -1.89. The van der Waals surface area contributed by atoms with E-state index in [0.29, 0.717) is 0 Å². The van der Waals surface area contributed by atoms with Gasteiger partial charge in [0.05, 0.1) is 5.92 Å². The van der Waals surface area contributed by atoms with Crippen molar-refractivity contribution in [1.29, 1.82) is 0 Å². The first kappa shape index (κ1) is 19.4. The van der Waals surface area contributed by atoms with Crippen molar-refractivity contribution >= 4 is 29.0 Å². The van der Waals surface area contributed by atoms with Gasteiger partial charge in [0.15, 0.2) is 0 Å². The highest BCUT2D eigenvalue weighted by Crippen LogP contribution is 2.30. The number of hydrogen-bond donors (Lipinski definition) is 0. The third kappa shape index (κ3) is 4.93. The van der Waals surface area contributed by atoms with Gasteiger partial charge in [-0.2, -0.15) is 11.3 Å². The number of carbonyl (C=O) groups excluding carboxylic acids is 1. The Morgan fingerprint density at radius 2 is 1.86 bits per heavy atom. The molecule has 2 aromatic rings. The van der Waals surface area contributed by atoms with Gasteiger partial charge in [-0.15, -0.1) is 11.8 Å². The SMILES string of the molecule is O=C(C1C=CC=CC1SCc1ccsc1)N1CCN(Cc2ccncc2)CC1. The van der Waals surface area contributed by atoms with Crippen molar-refractivity contribution in [3.8, 4) is 0 Å². The van der Waals surface area contributed by atoms with E-state index in [4.69, 9.17) is 0 Å². The van der Waals surface area contributed by atoms with Crippen LogP contribution >= 0.6 is 23.1 Å². The number of piperazine rings is 1. The molecule has 0 spiro atoms. The zero-order chi connectivity index (χ0) is 19.2. The zero-order valence-electron chi connectivity index (χ0n) is 15.8. The van der Waals surface area contributed by atoms with Crippen molar-refractivity contribution in [2.75, 3.05) is 26.2 Å². The molecule has 4 rings (SSSR count). The molecule has 2 aliphatic rings. The van der Waals surface area contributed by atoms with Gasteiger partial charge in [-0.3, -0.25) is 14.7 Å². The monoisotopic (exact) mass is 411 g/mol. The molecule has 0 radical (unpaired) electrons. The first-order valence-electron chi connectivity index (χ1n) is 9.67. The Labute approximate surface area is 175 Å². The summed E-state index contributed by atoms with van der Waals surface area (Å²) in [5, 5.41) is 4.52. The minimum Gasteiger partial charge on any atom is -0.340 e. The molecule has 0 saturated carbocycles. The highest BCUT2D eigenvalue weighted by Gasteiger charge is 2.31. The van der Waals surface area contributed by atoms with Crippen LogP contribution in [0.25, 0.3) is 0 Å².